The molecule has 10 heteroatoms. The van der Waals surface area contributed by atoms with Gasteiger partial charge in [-0.15, -0.1) is 0 Å². The summed E-state index contributed by atoms with van der Waals surface area (Å²) in [6, 6.07) is 20.8. The van der Waals surface area contributed by atoms with Crippen molar-refractivity contribution in [2.45, 2.75) is 11.5 Å². The number of urea groups is 1. The van der Waals surface area contributed by atoms with E-state index >= 15 is 0 Å². The molecule has 3 aromatic carbocycles. The molecule has 0 bridgehead atoms. The van der Waals surface area contributed by atoms with Crippen molar-refractivity contribution in [1.82, 2.24) is 10.9 Å². The molecule has 0 radical (unpaired) electrons. The summed E-state index contributed by atoms with van der Waals surface area (Å²) in [5.74, 6) is 0.0202. The van der Waals surface area contributed by atoms with Gasteiger partial charge in [0.25, 0.3) is 5.91 Å². The number of primary sulfonamides is 1. The SMILES string of the molecule is NS(=O)(=O)c1ccc(C(=O)NNC(=O)Nc2ccc(OCc3ccccc3)cc2)cc1. The average molecular weight is 440 g/mol. The first-order valence-electron chi connectivity index (χ1n) is 9.08. The van der Waals surface area contributed by atoms with Crippen LogP contribution in [0.3, 0.4) is 0 Å². The maximum Gasteiger partial charge on any atom is 0.337 e. The van der Waals surface area contributed by atoms with E-state index in [-0.39, 0.29) is 10.5 Å². The first-order valence-corrected chi connectivity index (χ1v) is 10.6. The third-order valence-corrected chi connectivity index (χ3v) is 5.02. The van der Waals surface area contributed by atoms with Crippen LogP contribution in [0.1, 0.15) is 15.9 Å². The second-order valence-electron chi connectivity index (χ2n) is 6.40. The number of hydrogen-bond acceptors (Lipinski definition) is 5. The zero-order chi connectivity index (χ0) is 22.3. The largest absolute Gasteiger partial charge is 0.489 e. The minimum Gasteiger partial charge on any atom is -0.489 e. The number of nitrogens with two attached hydrogens (primary N) is 1. The van der Waals surface area contributed by atoms with Gasteiger partial charge in [-0.25, -0.2) is 23.8 Å². The van der Waals surface area contributed by atoms with E-state index in [2.05, 4.69) is 16.2 Å². The van der Waals surface area contributed by atoms with Crippen LogP contribution in [0.5, 0.6) is 5.75 Å². The molecule has 0 unspecified atom stereocenters. The Labute approximate surface area is 179 Å². The summed E-state index contributed by atoms with van der Waals surface area (Å²) < 4.78 is 28.1. The summed E-state index contributed by atoms with van der Waals surface area (Å²) in [7, 11) is -3.85. The number of hydrazine groups is 1. The molecule has 31 heavy (non-hydrogen) atoms. The lowest BCUT2D eigenvalue weighted by atomic mass is 10.2. The topological polar surface area (TPSA) is 140 Å². The van der Waals surface area contributed by atoms with Crippen molar-refractivity contribution >= 4 is 27.6 Å². The molecule has 9 nitrogen and oxygen atoms in total. The summed E-state index contributed by atoms with van der Waals surface area (Å²) in [5.41, 5.74) is 6.12. The number of carbonyl (C=O) groups excluding carboxylic acids is 2. The Morgan fingerprint density at radius 1 is 0.839 bits per heavy atom. The van der Waals surface area contributed by atoms with Crippen LogP contribution < -0.4 is 26.0 Å². The van der Waals surface area contributed by atoms with Gasteiger partial charge in [-0.05, 0) is 54.1 Å². The Morgan fingerprint density at radius 2 is 1.48 bits per heavy atom. The number of hydrogen-bond donors (Lipinski definition) is 4. The fourth-order valence-corrected chi connectivity index (χ4v) is 3.03. The number of ether oxygens (including phenoxy) is 1. The van der Waals surface area contributed by atoms with Crippen LogP contribution in [0.2, 0.25) is 0 Å². The highest BCUT2D eigenvalue weighted by Crippen LogP contribution is 2.17. The van der Waals surface area contributed by atoms with E-state index in [1.54, 1.807) is 24.3 Å². The van der Waals surface area contributed by atoms with Crippen LogP contribution in [0.25, 0.3) is 0 Å². The van der Waals surface area contributed by atoms with Crippen molar-refractivity contribution in [2.75, 3.05) is 5.32 Å². The Kier molecular flexibility index (Phi) is 6.85. The number of rotatable bonds is 6. The van der Waals surface area contributed by atoms with Gasteiger partial charge >= 0.3 is 6.03 Å². The molecule has 0 atom stereocenters. The van der Waals surface area contributed by atoms with Crippen molar-refractivity contribution in [1.29, 1.82) is 0 Å². The van der Waals surface area contributed by atoms with Gasteiger partial charge in [0.15, 0.2) is 0 Å². The molecule has 0 saturated heterocycles. The van der Waals surface area contributed by atoms with Gasteiger partial charge in [0, 0.05) is 11.3 Å². The van der Waals surface area contributed by atoms with Crippen LogP contribution >= 0.6 is 0 Å². The summed E-state index contributed by atoms with van der Waals surface area (Å²) in [4.78, 5) is 23.9. The van der Waals surface area contributed by atoms with Gasteiger partial charge in [0.1, 0.15) is 12.4 Å². The minimum atomic E-state index is -3.85. The first-order chi connectivity index (χ1) is 14.8. The molecule has 0 heterocycles. The Balaban J connectivity index is 1.46. The van der Waals surface area contributed by atoms with Crippen molar-refractivity contribution in [3.05, 3.63) is 90.0 Å². The average Bonchev–Trinajstić information content (AvgIpc) is 2.77. The smallest absolute Gasteiger partial charge is 0.337 e. The van der Waals surface area contributed by atoms with Crippen LogP contribution in [-0.4, -0.2) is 20.4 Å². The van der Waals surface area contributed by atoms with E-state index in [0.29, 0.717) is 18.0 Å². The molecule has 0 saturated carbocycles. The lowest BCUT2D eigenvalue weighted by Gasteiger charge is -2.10. The monoisotopic (exact) mass is 440 g/mol. The highest BCUT2D eigenvalue weighted by atomic mass is 32.2. The van der Waals surface area contributed by atoms with Crippen LogP contribution in [-0.2, 0) is 16.6 Å². The minimum absolute atomic E-state index is 0.119. The molecule has 0 spiro atoms. The molecular formula is C21H20N4O5S. The predicted octanol–water partition coefficient (Wildman–Crippen LogP) is 2.38. The van der Waals surface area contributed by atoms with Gasteiger partial charge in [0.05, 0.1) is 4.90 Å². The fourth-order valence-electron chi connectivity index (χ4n) is 2.52. The van der Waals surface area contributed by atoms with Crippen molar-refractivity contribution in [3.63, 3.8) is 0 Å². The number of anilines is 1. The molecule has 3 amide bonds. The normalized spacial score (nSPS) is 10.7. The first kappa shape index (κ1) is 21.8. The van der Waals surface area contributed by atoms with E-state index in [4.69, 9.17) is 9.88 Å². The van der Waals surface area contributed by atoms with E-state index in [1.807, 2.05) is 30.3 Å². The van der Waals surface area contributed by atoms with E-state index in [1.165, 1.54) is 24.3 Å². The van der Waals surface area contributed by atoms with Crippen molar-refractivity contribution < 1.29 is 22.7 Å². The number of amides is 3. The molecule has 160 valence electrons. The third-order valence-electron chi connectivity index (χ3n) is 4.10. The molecule has 5 N–H and O–H groups in total. The number of sulfonamides is 1. The molecule has 0 aliphatic rings. The zero-order valence-electron chi connectivity index (χ0n) is 16.2. The van der Waals surface area contributed by atoms with Crippen molar-refractivity contribution in [3.8, 4) is 5.75 Å². The number of benzene rings is 3. The van der Waals surface area contributed by atoms with Gasteiger partial charge in [-0.2, -0.15) is 0 Å². The highest BCUT2D eigenvalue weighted by Gasteiger charge is 2.11. The quantitative estimate of drug-likeness (QED) is 0.436. The summed E-state index contributed by atoms with van der Waals surface area (Å²) in [5, 5.41) is 7.57. The summed E-state index contributed by atoms with van der Waals surface area (Å²) in [6.07, 6.45) is 0. The van der Waals surface area contributed by atoms with Gasteiger partial charge in [-0.1, -0.05) is 30.3 Å². The van der Waals surface area contributed by atoms with E-state index < -0.39 is 22.0 Å². The van der Waals surface area contributed by atoms with Crippen molar-refractivity contribution in [2.24, 2.45) is 5.14 Å². The summed E-state index contributed by atoms with van der Waals surface area (Å²) >= 11 is 0. The Bertz CT molecular complexity index is 1150. The molecule has 0 fully saturated rings. The van der Waals surface area contributed by atoms with Crippen LogP contribution in [0, 0.1) is 0 Å². The highest BCUT2D eigenvalue weighted by molar-refractivity contribution is 7.89. The zero-order valence-corrected chi connectivity index (χ0v) is 17.1. The van der Waals surface area contributed by atoms with E-state index in [9.17, 15) is 18.0 Å². The summed E-state index contributed by atoms with van der Waals surface area (Å²) in [6.45, 7) is 0.429. The lowest BCUT2D eigenvalue weighted by Crippen LogP contribution is -2.43. The van der Waals surface area contributed by atoms with E-state index in [0.717, 1.165) is 5.56 Å². The second-order valence-corrected chi connectivity index (χ2v) is 7.96. The molecule has 0 aliphatic carbocycles. The van der Waals surface area contributed by atoms with Gasteiger partial charge in [-0.3, -0.25) is 10.2 Å². The van der Waals surface area contributed by atoms with Crippen LogP contribution in [0.4, 0.5) is 10.5 Å². The van der Waals surface area contributed by atoms with Gasteiger partial charge in [0.2, 0.25) is 10.0 Å². The lowest BCUT2D eigenvalue weighted by molar-refractivity contribution is 0.0938. The Hall–Kier alpha value is -3.89. The molecular weight excluding hydrogens is 420 g/mol. The van der Waals surface area contributed by atoms with Gasteiger partial charge < -0.3 is 10.1 Å². The third kappa shape index (κ3) is 6.56. The second kappa shape index (κ2) is 9.74. The molecule has 3 aromatic rings. The van der Waals surface area contributed by atoms with Crippen LogP contribution in [0.15, 0.2) is 83.8 Å². The number of nitrogens with one attached hydrogen (secondary N) is 3. The molecule has 3 rings (SSSR count). The fraction of sp³-hybridized carbons (Fsp3) is 0.0476. The Morgan fingerprint density at radius 3 is 2.10 bits per heavy atom. The number of carbonyl (C=O) groups is 2. The molecule has 0 aromatic heterocycles. The maximum atomic E-state index is 12.0. The maximum absolute atomic E-state index is 12.0. The standard InChI is InChI=1S/C21H20N4O5S/c22-31(28,29)19-12-6-16(7-13-19)20(26)24-25-21(27)23-17-8-10-18(11-9-17)30-14-15-4-2-1-3-5-15/h1-13H,14H2,(H,24,26)(H2,22,28,29)(H2,23,25,27). The predicted molar refractivity (Wildman–Crippen MR) is 115 cm³/mol. The molecule has 0 aliphatic heterocycles.